The van der Waals surface area contributed by atoms with Crippen LogP contribution in [0.3, 0.4) is 0 Å². The second-order valence-electron chi connectivity index (χ2n) is 0.735. The molecule has 36 valence electrons. The van der Waals surface area contributed by atoms with E-state index in [4.69, 9.17) is 0 Å². The smallest absolute Gasteiger partial charge is 0.227 e. The highest BCUT2D eigenvalue weighted by molar-refractivity contribution is 14.2. The number of amides is 1. The molecule has 0 atom stereocenters. The molecule has 0 fully saturated rings. The first-order valence-corrected chi connectivity index (χ1v) is 4.67. The third-order valence-corrected chi connectivity index (χ3v) is 1.21. The van der Waals surface area contributed by atoms with Gasteiger partial charge in [-0.05, 0) is 0 Å². The summed E-state index contributed by atoms with van der Waals surface area (Å²) in [5.41, 5.74) is 0. The van der Waals surface area contributed by atoms with Crippen LogP contribution in [0, 0.1) is 0 Å². The Hall–Kier alpha value is 0.550. The van der Waals surface area contributed by atoms with Crippen molar-refractivity contribution in [3.8, 4) is 0 Å². The van der Waals surface area contributed by atoms with Crippen LogP contribution in [0.4, 0.5) is 0 Å². The number of halogens is 1. The van der Waals surface area contributed by atoms with Gasteiger partial charge in [0.05, 0.1) is 0 Å². The number of nitrogens with one attached hydrogen (secondary N) is 1. The molecule has 1 N–H and O–H groups in total. The van der Waals surface area contributed by atoms with Crippen LogP contribution in [-0.2, 0) is 4.79 Å². The topological polar surface area (TPSA) is 29.1 Å². The van der Waals surface area contributed by atoms with Crippen molar-refractivity contribution in [3.05, 3.63) is 0 Å². The summed E-state index contributed by atoms with van der Waals surface area (Å²) in [5, 5.41) is 0. The average Bonchev–Trinajstić information content (AvgIpc) is 1.35. The van der Waals surface area contributed by atoms with Crippen LogP contribution in [0.2, 0.25) is 0 Å². The van der Waals surface area contributed by atoms with E-state index in [1.54, 1.807) is 0 Å². The Labute approximate surface area is 52.8 Å². The van der Waals surface area contributed by atoms with Crippen molar-refractivity contribution in [2.24, 2.45) is 0 Å². The van der Waals surface area contributed by atoms with E-state index in [0.717, 1.165) is 0 Å². The fourth-order valence-electron chi connectivity index (χ4n) is 0.0543. The van der Waals surface area contributed by atoms with Crippen LogP contribution in [0.15, 0.2) is 0 Å². The normalized spacial score (nSPS) is 7.67. The molecule has 4 heteroatoms. The van der Waals surface area contributed by atoms with Gasteiger partial charge in [-0.3, -0.25) is 9.52 Å². The molecule has 6 heavy (non-hydrogen) atoms. The molecular formula is C2H4INOS. The van der Waals surface area contributed by atoms with E-state index in [9.17, 15) is 4.79 Å². The van der Waals surface area contributed by atoms with Crippen LogP contribution < -0.4 is 4.72 Å². The summed E-state index contributed by atoms with van der Waals surface area (Å²) in [6.45, 7) is 1.48. The van der Waals surface area contributed by atoms with Crippen molar-refractivity contribution in [1.82, 2.24) is 4.72 Å². The van der Waals surface area contributed by atoms with Gasteiger partial charge in [0.15, 0.2) is 0 Å². The lowest BCUT2D eigenvalue weighted by Crippen LogP contribution is -2.06. The minimum atomic E-state index is -0.00519. The predicted molar refractivity (Wildman–Crippen MR) is 35.4 cm³/mol. The fraction of sp³-hybridized carbons (Fsp3) is 0.500. The maximum Gasteiger partial charge on any atom is 0.227 e. The molecule has 0 aromatic carbocycles. The van der Waals surface area contributed by atoms with Crippen LogP contribution >= 0.6 is 30.3 Å². The number of carbonyl (C=O) groups excluding carboxylic acids is 1. The third kappa shape index (κ3) is 4.55. The minimum Gasteiger partial charge on any atom is -0.292 e. The molecule has 1 amide bonds. The zero-order chi connectivity index (χ0) is 4.99. The van der Waals surface area contributed by atoms with Gasteiger partial charge in [-0.2, -0.15) is 0 Å². The van der Waals surface area contributed by atoms with Crippen molar-refractivity contribution in [2.75, 3.05) is 0 Å². The van der Waals surface area contributed by atoms with E-state index in [2.05, 4.69) is 4.72 Å². The van der Waals surface area contributed by atoms with Gasteiger partial charge in [0, 0.05) is 37.2 Å². The molecular weight excluding hydrogens is 213 g/mol. The highest BCUT2D eigenvalue weighted by atomic mass is 127. The number of hydrogen-bond donors (Lipinski definition) is 1. The first-order valence-electron chi connectivity index (χ1n) is 1.31. The van der Waals surface area contributed by atoms with Gasteiger partial charge in [-0.25, -0.2) is 0 Å². The standard InChI is InChI=1S/C2H4INOS/c1-2(5)4-6-3/h1H3,(H,4,5). The van der Waals surface area contributed by atoms with E-state index in [1.165, 1.54) is 16.0 Å². The Bertz CT molecular complexity index is 57.5. The fourth-order valence-corrected chi connectivity index (χ4v) is 1.09. The van der Waals surface area contributed by atoms with Crippen molar-refractivity contribution < 1.29 is 4.79 Å². The molecule has 0 rings (SSSR count). The Balaban J connectivity index is 2.83. The number of hydrogen-bond acceptors (Lipinski definition) is 2. The highest BCUT2D eigenvalue weighted by Gasteiger charge is 1.81. The Kier molecular flexibility index (Phi) is 4.07. The molecule has 0 spiro atoms. The van der Waals surface area contributed by atoms with Crippen molar-refractivity contribution in [1.29, 1.82) is 0 Å². The summed E-state index contributed by atoms with van der Waals surface area (Å²) in [7, 11) is 1.28. The van der Waals surface area contributed by atoms with E-state index in [-0.39, 0.29) is 5.91 Å². The molecule has 0 aliphatic carbocycles. The lowest BCUT2D eigenvalue weighted by atomic mass is 10.8. The lowest BCUT2D eigenvalue weighted by Gasteiger charge is -1.85. The predicted octanol–water partition coefficient (Wildman–Crippen LogP) is 1.12. The van der Waals surface area contributed by atoms with E-state index in [1.807, 2.05) is 21.2 Å². The maximum atomic E-state index is 9.91. The van der Waals surface area contributed by atoms with E-state index in [0.29, 0.717) is 0 Å². The largest absolute Gasteiger partial charge is 0.292 e. The number of carbonyl (C=O) groups is 1. The van der Waals surface area contributed by atoms with Crippen molar-refractivity contribution in [3.63, 3.8) is 0 Å². The molecule has 0 aromatic heterocycles. The second kappa shape index (κ2) is 3.73. The molecule has 0 unspecified atom stereocenters. The quantitative estimate of drug-likeness (QED) is 0.526. The van der Waals surface area contributed by atoms with Crippen LogP contribution in [0.1, 0.15) is 6.92 Å². The maximum absolute atomic E-state index is 9.91. The molecule has 0 aliphatic rings. The first-order chi connectivity index (χ1) is 2.77. The second-order valence-corrected chi connectivity index (χ2v) is 2.42. The van der Waals surface area contributed by atoms with Gasteiger partial charge >= 0.3 is 0 Å². The zero-order valence-corrected chi connectivity index (χ0v) is 6.17. The molecule has 0 saturated heterocycles. The first kappa shape index (κ1) is 6.55. The minimum absolute atomic E-state index is 0.00519. The summed E-state index contributed by atoms with van der Waals surface area (Å²) in [6.07, 6.45) is 0. The Morgan fingerprint density at radius 2 is 2.50 bits per heavy atom. The van der Waals surface area contributed by atoms with Gasteiger partial charge in [0.1, 0.15) is 0 Å². The van der Waals surface area contributed by atoms with E-state index < -0.39 is 0 Å². The van der Waals surface area contributed by atoms with Gasteiger partial charge in [-0.15, -0.1) is 0 Å². The Morgan fingerprint density at radius 3 is 2.50 bits per heavy atom. The average molecular weight is 217 g/mol. The van der Waals surface area contributed by atoms with Crippen molar-refractivity contribution in [2.45, 2.75) is 6.92 Å². The monoisotopic (exact) mass is 217 g/mol. The molecule has 0 radical (unpaired) electrons. The van der Waals surface area contributed by atoms with E-state index >= 15 is 0 Å². The van der Waals surface area contributed by atoms with Crippen LogP contribution in [0.25, 0.3) is 0 Å². The van der Waals surface area contributed by atoms with Crippen LogP contribution in [0.5, 0.6) is 0 Å². The van der Waals surface area contributed by atoms with Crippen molar-refractivity contribution >= 4 is 36.2 Å². The molecule has 0 aliphatic heterocycles. The van der Waals surface area contributed by atoms with Gasteiger partial charge in [-0.1, -0.05) is 0 Å². The molecule has 0 aromatic rings. The van der Waals surface area contributed by atoms with Gasteiger partial charge in [0.2, 0.25) is 5.91 Å². The summed E-state index contributed by atoms with van der Waals surface area (Å²) in [6, 6.07) is 0. The summed E-state index contributed by atoms with van der Waals surface area (Å²) >= 11 is 1.99. The van der Waals surface area contributed by atoms with Gasteiger partial charge in [0.25, 0.3) is 0 Å². The van der Waals surface area contributed by atoms with Crippen LogP contribution in [-0.4, -0.2) is 5.91 Å². The lowest BCUT2D eigenvalue weighted by molar-refractivity contribution is -0.117. The highest BCUT2D eigenvalue weighted by Crippen LogP contribution is 2.02. The zero-order valence-electron chi connectivity index (χ0n) is 3.19. The molecule has 0 saturated carbocycles. The third-order valence-electron chi connectivity index (χ3n) is 0.182. The summed E-state index contributed by atoms with van der Waals surface area (Å²) in [4.78, 5) is 9.91. The molecule has 2 nitrogen and oxygen atoms in total. The molecule has 0 heterocycles. The Morgan fingerprint density at radius 1 is 2.00 bits per heavy atom. The molecule has 0 bridgehead atoms. The summed E-state index contributed by atoms with van der Waals surface area (Å²) in [5.74, 6) is -0.00519. The SMILES string of the molecule is CC(=O)NSI. The number of rotatable bonds is 1. The summed E-state index contributed by atoms with van der Waals surface area (Å²) < 4.78 is 2.47. The van der Waals surface area contributed by atoms with Gasteiger partial charge < -0.3 is 0 Å².